The second-order valence-corrected chi connectivity index (χ2v) is 5.92. The van der Waals surface area contributed by atoms with Gasteiger partial charge in [0.15, 0.2) is 11.6 Å². The van der Waals surface area contributed by atoms with E-state index < -0.39 is 11.6 Å². The lowest BCUT2D eigenvalue weighted by Gasteiger charge is -2.30. The van der Waals surface area contributed by atoms with Crippen molar-refractivity contribution in [3.8, 4) is 22.9 Å². The average molecular weight is 358 g/mol. The van der Waals surface area contributed by atoms with E-state index in [1.165, 1.54) is 26.2 Å². The van der Waals surface area contributed by atoms with E-state index >= 15 is 0 Å². The third-order valence-corrected chi connectivity index (χ3v) is 4.47. The number of nitrogens with two attached hydrogens (primary N) is 1. The van der Waals surface area contributed by atoms with Crippen molar-refractivity contribution in [2.45, 2.75) is 19.9 Å². The predicted molar refractivity (Wildman–Crippen MR) is 90.1 cm³/mol. The zero-order valence-corrected chi connectivity index (χ0v) is 14.3. The molecule has 0 radical (unpaired) electrons. The molecular weight excluding hydrogens is 342 g/mol. The lowest BCUT2D eigenvalue weighted by Crippen LogP contribution is -2.35. The van der Waals surface area contributed by atoms with Gasteiger partial charge in [0.25, 0.3) is 0 Å². The van der Waals surface area contributed by atoms with E-state index in [4.69, 9.17) is 10.5 Å². The molecule has 0 aliphatic carbocycles. The number of nitrogen functional groups attached to an aromatic ring is 1. The maximum Gasteiger partial charge on any atom is 0.219 e. The van der Waals surface area contributed by atoms with Gasteiger partial charge in [0, 0.05) is 43.1 Å². The van der Waals surface area contributed by atoms with Crippen molar-refractivity contribution in [2.24, 2.45) is 0 Å². The minimum Gasteiger partial charge on any atom is -0.494 e. The van der Waals surface area contributed by atoms with Gasteiger partial charge in [-0.25, -0.2) is 9.37 Å². The van der Waals surface area contributed by atoms with E-state index in [1.807, 2.05) is 6.07 Å². The largest absolute Gasteiger partial charge is 0.494 e. The van der Waals surface area contributed by atoms with Gasteiger partial charge in [0.1, 0.15) is 17.5 Å². The molecule has 0 unspecified atom stereocenters. The predicted octanol–water partition coefficient (Wildman–Crippen LogP) is 2.39. The molecule has 26 heavy (non-hydrogen) atoms. The molecule has 2 aromatic rings. The highest BCUT2D eigenvalue weighted by molar-refractivity contribution is 5.81. The molecule has 2 heterocycles. The van der Waals surface area contributed by atoms with Crippen LogP contribution in [0.25, 0.3) is 11.1 Å². The molecule has 0 bridgehead atoms. The molecule has 0 saturated heterocycles. The summed E-state index contributed by atoms with van der Waals surface area (Å²) in [5.41, 5.74) is 6.96. The van der Waals surface area contributed by atoms with Crippen molar-refractivity contribution < 1.29 is 18.3 Å². The molecule has 3 rings (SSSR count). The number of aromatic nitrogens is 1. The van der Waals surface area contributed by atoms with Crippen LogP contribution in [0.3, 0.4) is 0 Å². The Morgan fingerprint density at radius 1 is 1.38 bits per heavy atom. The second kappa shape index (κ2) is 6.59. The molecule has 2 N–H and O–H groups in total. The van der Waals surface area contributed by atoms with Crippen LogP contribution in [0.15, 0.2) is 12.1 Å². The first kappa shape index (κ1) is 17.6. The number of carbonyl (C=O) groups is 1. The minimum absolute atomic E-state index is 0.0439. The summed E-state index contributed by atoms with van der Waals surface area (Å²) in [6.07, 6.45) is 0.415. The number of fused-ring (bicyclic) bond motifs is 1. The molecule has 6 nitrogen and oxygen atoms in total. The summed E-state index contributed by atoms with van der Waals surface area (Å²) in [5, 5.41) is 9.51. The average Bonchev–Trinajstić information content (AvgIpc) is 2.62. The number of amides is 1. The van der Waals surface area contributed by atoms with Crippen LogP contribution in [0.5, 0.6) is 5.75 Å². The molecule has 1 aromatic carbocycles. The summed E-state index contributed by atoms with van der Waals surface area (Å²) in [6.45, 7) is 2.02. The molecule has 1 aliphatic rings. The van der Waals surface area contributed by atoms with Gasteiger partial charge in [-0.3, -0.25) is 4.79 Å². The number of pyridine rings is 1. The molecule has 0 spiro atoms. The number of benzene rings is 1. The summed E-state index contributed by atoms with van der Waals surface area (Å²) >= 11 is 0. The van der Waals surface area contributed by atoms with Crippen molar-refractivity contribution >= 4 is 11.7 Å². The van der Waals surface area contributed by atoms with Crippen LogP contribution >= 0.6 is 0 Å². The van der Waals surface area contributed by atoms with Crippen molar-refractivity contribution in [2.75, 3.05) is 19.4 Å². The minimum atomic E-state index is -1.16. The van der Waals surface area contributed by atoms with Crippen molar-refractivity contribution in [3.05, 3.63) is 40.6 Å². The van der Waals surface area contributed by atoms with Crippen LogP contribution < -0.4 is 10.5 Å². The van der Waals surface area contributed by atoms with Gasteiger partial charge in [-0.05, 0) is 12.1 Å². The van der Waals surface area contributed by atoms with Crippen LogP contribution in [-0.4, -0.2) is 29.4 Å². The van der Waals surface area contributed by atoms with Gasteiger partial charge in [-0.2, -0.15) is 9.65 Å². The summed E-state index contributed by atoms with van der Waals surface area (Å²) in [7, 11) is 1.23. The topological polar surface area (TPSA) is 92.2 Å². The van der Waals surface area contributed by atoms with Crippen LogP contribution in [0.2, 0.25) is 0 Å². The number of nitriles is 1. The number of hydrogen-bond donors (Lipinski definition) is 1. The number of halogens is 2. The number of anilines is 1. The number of ether oxygens (including phenoxy) is 1. The van der Waals surface area contributed by atoms with Gasteiger partial charge in [-0.1, -0.05) is 0 Å². The van der Waals surface area contributed by atoms with Crippen molar-refractivity contribution in [3.63, 3.8) is 0 Å². The maximum absolute atomic E-state index is 14.7. The molecule has 134 valence electrons. The highest BCUT2D eigenvalue weighted by atomic mass is 19.2. The van der Waals surface area contributed by atoms with E-state index in [0.717, 1.165) is 0 Å². The standard InChI is InChI=1S/C18H16F2N4O2/c1-9(25)24-6-5-13-12(8-24)15(11(7-21)18(22)23-13)10-3-4-14(26-2)17(20)16(10)19/h3-4H,5-6,8H2,1-2H3,(H2,22,23). The Balaban J connectivity index is 2.31. The zero-order valence-electron chi connectivity index (χ0n) is 14.3. The monoisotopic (exact) mass is 358 g/mol. The summed E-state index contributed by atoms with van der Waals surface area (Å²) in [4.78, 5) is 17.5. The molecule has 0 atom stereocenters. The fraction of sp³-hybridized carbons (Fsp3) is 0.278. The summed E-state index contributed by atoms with van der Waals surface area (Å²) < 4.78 is 33.7. The Bertz CT molecular complexity index is 953. The molecule has 0 saturated carbocycles. The van der Waals surface area contributed by atoms with E-state index in [0.29, 0.717) is 24.2 Å². The number of nitrogens with zero attached hydrogens (tertiary/aromatic N) is 3. The fourth-order valence-corrected chi connectivity index (χ4v) is 3.14. The molecule has 1 aliphatic heterocycles. The van der Waals surface area contributed by atoms with Gasteiger partial charge >= 0.3 is 0 Å². The highest BCUT2D eigenvalue weighted by Gasteiger charge is 2.28. The summed E-state index contributed by atoms with van der Waals surface area (Å²) in [5.74, 6) is -2.75. The quantitative estimate of drug-likeness (QED) is 0.890. The number of rotatable bonds is 2. The van der Waals surface area contributed by atoms with Crippen LogP contribution in [0.4, 0.5) is 14.6 Å². The van der Waals surface area contributed by atoms with Gasteiger partial charge in [0.2, 0.25) is 11.7 Å². The van der Waals surface area contributed by atoms with Crippen molar-refractivity contribution in [1.29, 1.82) is 5.26 Å². The Kier molecular flexibility index (Phi) is 4.47. The third-order valence-electron chi connectivity index (χ3n) is 4.47. The maximum atomic E-state index is 14.7. The van der Waals surface area contributed by atoms with Gasteiger partial charge in [0.05, 0.1) is 12.8 Å². The first-order valence-corrected chi connectivity index (χ1v) is 7.88. The van der Waals surface area contributed by atoms with E-state index in [1.54, 1.807) is 4.90 Å². The van der Waals surface area contributed by atoms with E-state index in [9.17, 15) is 18.8 Å². The fourth-order valence-electron chi connectivity index (χ4n) is 3.14. The van der Waals surface area contributed by atoms with E-state index in [2.05, 4.69) is 4.98 Å². The smallest absolute Gasteiger partial charge is 0.219 e. The van der Waals surface area contributed by atoms with Crippen LogP contribution in [-0.2, 0) is 17.8 Å². The lowest BCUT2D eigenvalue weighted by atomic mass is 9.90. The normalized spacial score (nSPS) is 13.1. The van der Waals surface area contributed by atoms with Crippen molar-refractivity contribution in [1.82, 2.24) is 9.88 Å². The highest BCUT2D eigenvalue weighted by Crippen LogP contribution is 2.38. The lowest BCUT2D eigenvalue weighted by molar-refractivity contribution is -0.129. The molecule has 1 amide bonds. The number of hydrogen-bond acceptors (Lipinski definition) is 5. The zero-order chi connectivity index (χ0) is 19.0. The third kappa shape index (κ3) is 2.71. The molecule has 8 heteroatoms. The Morgan fingerprint density at radius 3 is 2.73 bits per heavy atom. The molecule has 1 aromatic heterocycles. The first-order valence-electron chi connectivity index (χ1n) is 7.88. The Hall–Kier alpha value is -3.21. The molecular formula is C18H16F2N4O2. The summed E-state index contributed by atoms with van der Waals surface area (Å²) in [6, 6.07) is 4.53. The number of methoxy groups -OCH3 is 1. The Labute approximate surface area is 148 Å². The van der Waals surface area contributed by atoms with Gasteiger partial charge in [-0.15, -0.1) is 0 Å². The van der Waals surface area contributed by atoms with Crippen LogP contribution in [0.1, 0.15) is 23.7 Å². The Morgan fingerprint density at radius 2 is 2.12 bits per heavy atom. The number of carbonyl (C=O) groups excluding carboxylic acids is 1. The second-order valence-electron chi connectivity index (χ2n) is 5.92. The first-order chi connectivity index (χ1) is 12.4. The van der Waals surface area contributed by atoms with Gasteiger partial charge < -0.3 is 15.4 Å². The molecule has 0 fully saturated rings. The SMILES string of the molecule is COc1ccc(-c2c(C#N)c(N)nc3c2CN(C(C)=O)CC3)c(F)c1F. The van der Waals surface area contributed by atoms with Crippen LogP contribution in [0, 0.1) is 23.0 Å². The van der Waals surface area contributed by atoms with E-state index in [-0.39, 0.29) is 40.7 Å².